The van der Waals surface area contributed by atoms with Gasteiger partial charge < -0.3 is 5.32 Å². The van der Waals surface area contributed by atoms with Gasteiger partial charge in [-0.15, -0.1) is 0 Å². The average molecular weight is 355 g/mol. The van der Waals surface area contributed by atoms with E-state index < -0.39 is 0 Å². The fraction of sp³-hybridized carbons (Fsp3) is 0.625. The lowest BCUT2D eigenvalue weighted by Gasteiger charge is -2.38. The molecule has 0 amide bonds. The number of nitro benzene ring substituents is 1. The summed E-state index contributed by atoms with van der Waals surface area (Å²) in [6.07, 6.45) is 3.72. The van der Waals surface area contributed by atoms with Crippen LogP contribution < -0.4 is 5.32 Å². The molecule has 5 heteroatoms. The largest absolute Gasteiger partial charge is 0.382 e. The molecule has 21 heavy (non-hydrogen) atoms. The van der Waals surface area contributed by atoms with Crippen molar-refractivity contribution in [2.45, 2.75) is 46.1 Å². The molecule has 1 aliphatic rings. The third kappa shape index (κ3) is 3.96. The quantitative estimate of drug-likeness (QED) is 0.594. The van der Waals surface area contributed by atoms with Crippen molar-refractivity contribution in [3.63, 3.8) is 0 Å². The van der Waals surface area contributed by atoms with E-state index in [4.69, 9.17) is 0 Å². The van der Waals surface area contributed by atoms with Crippen LogP contribution in [0.1, 0.15) is 40.0 Å². The number of halogens is 1. The standard InChI is InChI=1S/C16H23BrN2O2/c1-10(2)13-6-4-11(3)8-15(13)18-12-5-7-16(19(20)21)14(17)9-12/h5,7,9-11,13,15,18H,4,6,8H2,1-3H3. The molecular weight excluding hydrogens is 332 g/mol. The van der Waals surface area contributed by atoms with Gasteiger partial charge in [-0.2, -0.15) is 0 Å². The summed E-state index contributed by atoms with van der Waals surface area (Å²) in [6.45, 7) is 6.86. The van der Waals surface area contributed by atoms with Crippen molar-refractivity contribution in [1.29, 1.82) is 0 Å². The molecule has 0 aliphatic heterocycles. The molecule has 3 atom stereocenters. The summed E-state index contributed by atoms with van der Waals surface area (Å²) in [7, 11) is 0. The molecule has 0 radical (unpaired) electrons. The fourth-order valence-corrected chi connectivity index (χ4v) is 3.85. The van der Waals surface area contributed by atoms with Gasteiger partial charge in [-0.25, -0.2) is 0 Å². The van der Waals surface area contributed by atoms with Crippen molar-refractivity contribution in [3.8, 4) is 0 Å². The minimum Gasteiger partial charge on any atom is -0.382 e. The molecule has 0 heterocycles. The smallest absolute Gasteiger partial charge is 0.283 e. The molecular formula is C16H23BrN2O2. The van der Waals surface area contributed by atoms with Crippen LogP contribution >= 0.6 is 15.9 Å². The number of hydrogen-bond donors (Lipinski definition) is 1. The SMILES string of the molecule is CC1CCC(C(C)C)C(Nc2ccc([N+](=O)[O-])c(Br)c2)C1. The third-order valence-electron chi connectivity index (χ3n) is 4.52. The topological polar surface area (TPSA) is 55.2 Å². The van der Waals surface area contributed by atoms with E-state index in [0.717, 1.165) is 18.0 Å². The molecule has 2 rings (SSSR count). The zero-order valence-corrected chi connectivity index (χ0v) is 14.4. The van der Waals surface area contributed by atoms with Gasteiger partial charge in [-0.05, 0) is 58.7 Å². The number of nitro groups is 1. The van der Waals surface area contributed by atoms with E-state index in [9.17, 15) is 10.1 Å². The monoisotopic (exact) mass is 354 g/mol. The molecule has 0 spiro atoms. The second-order valence-electron chi connectivity index (χ2n) is 6.50. The van der Waals surface area contributed by atoms with Gasteiger partial charge in [0, 0.05) is 17.8 Å². The summed E-state index contributed by atoms with van der Waals surface area (Å²) in [6, 6.07) is 5.62. The third-order valence-corrected chi connectivity index (χ3v) is 5.15. The Hall–Kier alpha value is -1.10. The van der Waals surface area contributed by atoms with Crippen LogP contribution in [-0.2, 0) is 0 Å². The minimum atomic E-state index is -0.368. The van der Waals surface area contributed by atoms with E-state index in [-0.39, 0.29) is 10.6 Å². The van der Waals surface area contributed by atoms with Gasteiger partial charge in [0.1, 0.15) is 0 Å². The Kier molecular flexibility index (Phi) is 5.25. The second kappa shape index (κ2) is 6.77. The molecule has 0 saturated heterocycles. The Morgan fingerprint density at radius 2 is 2.10 bits per heavy atom. The maximum atomic E-state index is 10.9. The van der Waals surface area contributed by atoms with Crippen LogP contribution in [-0.4, -0.2) is 11.0 Å². The van der Waals surface area contributed by atoms with Crippen LogP contribution in [0.3, 0.4) is 0 Å². The average Bonchev–Trinajstić information content (AvgIpc) is 2.37. The van der Waals surface area contributed by atoms with Crippen molar-refractivity contribution in [1.82, 2.24) is 0 Å². The van der Waals surface area contributed by atoms with Gasteiger partial charge in [-0.3, -0.25) is 10.1 Å². The summed E-state index contributed by atoms with van der Waals surface area (Å²) in [5.41, 5.74) is 1.06. The molecule has 116 valence electrons. The van der Waals surface area contributed by atoms with Gasteiger partial charge >= 0.3 is 0 Å². The molecule has 1 fully saturated rings. The summed E-state index contributed by atoms with van der Waals surface area (Å²) in [4.78, 5) is 10.5. The van der Waals surface area contributed by atoms with E-state index in [1.807, 2.05) is 6.07 Å². The molecule has 1 aromatic carbocycles. The zero-order valence-electron chi connectivity index (χ0n) is 12.8. The van der Waals surface area contributed by atoms with Crippen molar-refractivity contribution in [2.24, 2.45) is 17.8 Å². The second-order valence-corrected chi connectivity index (χ2v) is 7.35. The van der Waals surface area contributed by atoms with Crippen LogP contribution in [0.5, 0.6) is 0 Å². The predicted octanol–water partition coefficient (Wildman–Crippen LogP) is 5.23. The van der Waals surface area contributed by atoms with Gasteiger partial charge in [-0.1, -0.05) is 27.2 Å². The van der Waals surface area contributed by atoms with Crippen molar-refractivity contribution in [3.05, 3.63) is 32.8 Å². The molecule has 1 N–H and O–H groups in total. The van der Waals surface area contributed by atoms with E-state index in [1.165, 1.54) is 12.8 Å². The number of rotatable bonds is 4. The van der Waals surface area contributed by atoms with E-state index in [0.29, 0.717) is 22.4 Å². The Balaban J connectivity index is 2.15. The first kappa shape index (κ1) is 16.3. The maximum absolute atomic E-state index is 10.9. The van der Waals surface area contributed by atoms with Crippen LogP contribution in [0.4, 0.5) is 11.4 Å². The number of hydrogen-bond acceptors (Lipinski definition) is 3. The maximum Gasteiger partial charge on any atom is 0.283 e. The molecule has 0 bridgehead atoms. The lowest BCUT2D eigenvalue weighted by molar-refractivity contribution is -0.385. The first-order valence-corrected chi connectivity index (χ1v) is 8.38. The van der Waals surface area contributed by atoms with Crippen LogP contribution in [0.2, 0.25) is 0 Å². The van der Waals surface area contributed by atoms with Gasteiger partial charge in [0.05, 0.1) is 9.40 Å². The highest BCUT2D eigenvalue weighted by Gasteiger charge is 2.30. The van der Waals surface area contributed by atoms with E-state index >= 15 is 0 Å². The summed E-state index contributed by atoms with van der Waals surface area (Å²) in [5.74, 6) is 2.05. The van der Waals surface area contributed by atoms with Crippen LogP contribution in [0.15, 0.2) is 22.7 Å². The highest BCUT2D eigenvalue weighted by Crippen LogP contribution is 2.36. The lowest BCUT2D eigenvalue weighted by atomic mass is 9.74. The number of nitrogens with zero attached hydrogens (tertiary/aromatic N) is 1. The van der Waals surface area contributed by atoms with Crippen molar-refractivity contribution < 1.29 is 4.92 Å². The summed E-state index contributed by atoms with van der Waals surface area (Å²) < 4.78 is 0.530. The molecule has 4 nitrogen and oxygen atoms in total. The van der Waals surface area contributed by atoms with Crippen LogP contribution in [0.25, 0.3) is 0 Å². The first-order chi connectivity index (χ1) is 9.88. The van der Waals surface area contributed by atoms with Crippen molar-refractivity contribution >= 4 is 27.3 Å². The predicted molar refractivity (Wildman–Crippen MR) is 89.6 cm³/mol. The normalized spacial score (nSPS) is 25.9. The molecule has 1 aliphatic carbocycles. The van der Waals surface area contributed by atoms with Gasteiger partial charge in [0.15, 0.2) is 0 Å². The molecule has 1 saturated carbocycles. The number of benzene rings is 1. The van der Waals surface area contributed by atoms with Crippen molar-refractivity contribution in [2.75, 3.05) is 5.32 Å². The number of nitrogens with one attached hydrogen (secondary N) is 1. The number of anilines is 1. The fourth-order valence-electron chi connectivity index (χ4n) is 3.33. The zero-order chi connectivity index (χ0) is 15.6. The lowest BCUT2D eigenvalue weighted by Crippen LogP contribution is -2.37. The molecule has 3 unspecified atom stereocenters. The molecule has 1 aromatic rings. The van der Waals surface area contributed by atoms with Crippen LogP contribution in [0, 0.1) is 27.9 Å². The highest BCUT2D eigenvalue weighted by atomic mass is 79.9. The van der Waals surface area contributed by atoms with Gasteiger partial charge in [0.2, 0.25) is 0 Å². The Bertz CT molecular complexity index is 519. The summed E-state index contributed by atoms with van der Waals surface area (Å²) >= 11 is 3.29. The van der Waals surface area contributed by atoms with E-state index in [1.54, 1.807) is 12.1 Å². The van der Waals surface area contributed by atoms with E-state index in [2.05, 4.69) is 42.0 Å². The highest BCUT2D eigenvalue weighted by molar-refractivity contribution is 9.10. The van der Waals surface area contributed by atoms with Gasteiger partial charge in [0.25, 0.3) is 5.69 Å². The summed E-state index contributed by atoms with van der Waals surface area (Å²) in [5, 5.41) is 14.5. The first-order valence-electron chi connectivity index (χ1n) is 7.59. The minimum absolute atomic E-state index is 0.109. The Morgan fingerprint density at radius 3 is 2.67 bits per heavy atom. The Labute approximate surface area is 134 Å². The molecule has 0 aromatic heterocycles. The Morgan fingerprint density at radius 1 is 1.38 bits per heavy atom.